The van der Waals surface area contributed by atoms with Crippen molar-refractivity contribution in [2.45, 2.75) is 12.6 Å². The molecule has 164 valence electrons. The average Bonchev–Trinajstić information content (AvgIpc) is 3.40. The van der Waals surface area contributed by atoms with E-state index in [4.69, 9.17) is 10.00 Å². The Hall–Kier alpha value is -3.06. The van der Waals surface area contributed by atoms with Crippen LogP contribution in [0.1, 0.15) is 28.0 Å². The quantitative estimate of drug-likeness (QED) is 0.802. The van der Waals surface area contributed by atoms with Crippen LogP contribution >= 0.6 is 0 Å². The Labute approximate surface area is 177 Å². The molecule has 0 radical (unpaired) electrons. The summed E-state index contributed by atoms with van der Waals surface area (Å²) in [5.74, 6) is -0.0993. The van der Waals surface area contributed by atoms with Crippen molar-refractivity contribution in [1.29, 1.82) is 5.26 Å². The number of aromatic amines is 1. The van der Waals surface area contributed by atoms with Crippen LogP contribution < -0.4 is 4.90 Å². The van der Waals surface area contributed by atoms with Crippen molar-refractivity contribution in [3.63, 3.8) is 0 Å². The van der Waals surface area contributed by atoms with E-state index in [9.17, 15) is 18.0 Å². The third-order valence-electron chi connectivity index (χ3n) is 6.38. The van der Waals surface area contributed by atoms with Gasteiger partial charge in [-0.3, -0.25) is 9.89 Å². The van der Waals surface area contributed by atoms with Crippen LogP contribution in [0.15, 0.2) is 30.5 Å². The summed E-state index contributed by atoms with van der Waals surface area (Å²) in [6.07, 6.45) is -2.40. The van der Waals surface area contributed by atoms with Crippen molar-refractivity contribution in [2.75, 3.05) is 44.8 Å². The van der Waals surface area contributed by atoms with E-state index in [-0.39, 0.29) is 17.2 Å². The van der Waals surface area contributed by atoms with E-state index in [0.29, 0.717) is 50.6 Å². The van der Waals surface area contributed by atoms with E-state index in [1.807, 2.05) is 4.90 Å². The first-order valence-electron chi connectivity index (χ1n) is 9.91. The average molecular weight is 433 g/mol. The Morgan fingerprint density at radius 1 is 1.39 bits per heavy atom. The number of nitrogens with one attached hydrogen (secondary N) is 1. The number of halogens is 3. The molecule has 0 spiro atoms. The van der Waals surface area contributed by atoms with E-state index < -0.39 is 17.3 Å². The highest BCUT2D eigenvalue weighted by molar-refractivity contribution is 5.92. The van der Waals surface area contributed by atoms with Gasteiger partial charge in [-0.05, 0) is 30.7 Å². The van der Waals surface area contributed by atoms with Crippen LogP contribution in [0.4, 0.5) is 18.9 Å². The first-order chi connectivity index (χ1) is 14.8. The molecule has 0 bridgehead atoms. The van der Waals surface area contributed by atoms with Crippen LogP contribution in [0.2, 0.25) is 0 Å². The fourth-order valence-electron chi connectivity index (χ4n) is 4.79. The zero-order valence-corrected chi connectivity index (χ0v) is 16.9. The van der Waals surface area contributed by atoms with Crippen molar-refractivity contribution in [2.24, 2.45) is 11.3 Å². The zero-order valence-electron chi connectivity index (χ0n) is 16.9. The second-order valence-corrected chi connectivity index (χ2v) is 8.18. The lowest BCUT2D eigenvalue weighted by atomic mass is 9.73. The van der Waals surface area contributed by atoms with Gasteiger partial charge in [-0.2, -0.15) is 23.5 Å². The minimum Gasteiger partial charge on any atom is -0.384 e. The lowest BCUT2D eigenvalue weighted by Gasteiger charge is -2.42. The Balaban J connectivity index is 1.60. The van der Waals surface area contributed by atoms with E-state index >= 15 is 0 Å². The van der Waals surface area contributed by atoms with Crippen LogP contribution in [0.25, 0.3) is 0 Å². The molecule has 2 aromatic rings. The van der Waals surface area contributed by atoms with Crippen molar-refractivity contribution in [3.8, 4) is 6.07 Å². The molecule has 0 aliphatic carbocycles. The van der Waals surface area contributed by atoms with Gasteiger partial charge < -0.3 is 14.5 Å². The molecular weight excluding hydrogens is 411 g/mol. The smallest absolute Gasteiger partial charge is 0.384 e. The Morgan fingerprint density at radius 3 is 2.84 bits per heavy atom. The van der Waals surface area contributed by atoms with E-state index in [2.05, 4.69) is 10.2 Å². The number of hydrogen-bond donors (Lipinski definition) is 1. The number of H-pyrrole nitrogens is 1. The SMILES string of the molecule is COC[C@@]12CCN(C(=O)c3ccn[nH]3)C[C@@H]1CN(c1ccc(C#N)c(C(F)(F)F)c1)C2. The molecule has 2 aliphatic heterocycles. The minimum atomic E-state index is -4.61. The first-order valence-corrected chi connectivity index (χ1v) is 9.91. The Bertz CT molecular complexity index is 1000. The minimum absolute atomic E-state index is 0.0399. The highest BCUT2D eigenvalue weighted by atomic mass is 19.4. The van der Waals surface area contributed by atoms with Gasteiger partial charge in [0.05, 0.1) is 23.8 Å². The number of likely N-dealkylation sites (tertiary alicyclic amines) is 1. The van der Waals surface area contributed by atoms with E-state index in [1.165, 1.54) is 12.3 Å². The van der Waals surface area contributed by atoms with Crippen LogP contribution in [0.5, 0.6) is 0 Å². The molecule has 1 amide bonds. The first kappa shape index (κ1) is 21.2. The molecular formula is C21H22F3N5O2. The van der Waals surface area contributed by atoms with Crippen LogP contribution in [0.3, 0.4) is 0 Å². The fourth-order valence-corrected chi connectivity index (χ4v) is 4.79. The number of nitrogens with zero attached hydrogens (tertiary/aromatic N) is 4. The number of anilines is 1. The second kappa shape index (κ2) is 7.89. The number of benzene rings is 1. The van der Waals surface area contributed by atoms with Gasteiger partial charge in [0.2, 0.25) is 0 Å². The van der Waals surface area contributed by atoms with Gasteiger partial charge in [0.25, 0.3) is 5.91 Å². The van der Waals surface area contributed by atoms with Crippen molar-refractivity contribution in [1.82, 2.24) is 15.1 Å². The number of amides is 1. The van der Waals surface area contributed by atoms with Gasteiger partial charge in [0, 0.05) is 56.5 Å². The number of ether oxygens (including phenoxy) is 1. The van der Waals surface area contributed by atoms with Crippen LogP contribution in [0, 0.1) is 22.7 Å². The fraction of sp³-hybridized carbons (Fsp3) is 0.476. The monoisotopic (exact) mass is 433 g/mol. The molecule has 4 rings (SSSR count). The largest absolute Gasteiger partial charge is 0.417 e. The maximum atomic E-state index is 13.4. The zero-order chi connectivity index (χ0) is 22.2. The molecule has 2 atom stereocenters. The standard InChI is InChI=1S/C21H22F3N5O2/c1-31-13-20-5-7-28(19(30)18-4-6-26-27-18)10-15(20)11-29(12-20)16-3-2-14(9-25)17(8-16)21(22,23)24/h2-4,6,8,15H,5,7,10-13H2,1H3,(H,26,27)/t15-,20+/m1/s1. The number of carbonyl (C=O) groups is 1. The van der Waals surface area contributed by atoms with Gasteiger partial charge in [-0.1, -0.05) is 0 Å². The number of fused-ring (bicyclic) bond motifs is 1. The van der Waals surface area contributed by atoms with Gasteiger partial charge in [0.15, 0.2) is 0 Å². The summed E-state index contributed by atoms with van der Waals surface area (Å²) < 4.78 is 45.8. The normalized spacial score (nSPS) is 23.5. The van der Waals surface area contributed by atoms with Gasteiger partial charge >= 0.3 is 6.18 Å². The van der Waals surface area contributed by atoms with E-state index in [1.54, 1.807) is 30.2 Å². The molecule has 0 unspecified atom stereocenters. The van der Waals surface area contributed by atoms with Gasteiger partial charge in [-0.25, -0.2) is 0 Å². The van der Waals surface area contributed by atoms with Crippen molar-refractivity contribution in [3.05, 3.63) is 47.3 Å². The molecule has 3 heterocycles. The second-order valence-electron chi connectivity index (χ2n) is 8.18. The molecule has 2 fully saturated rings. The Morgan fingerprint density at radius 2 is 2.19 bits per heavy atom. The number of hydrogen-bond acceptors (Lipinski definition) is 5. The third kappa shape index (κ3) is 3.85. The lowest BCUT2D eigenvalue weighted by molar-refractivity contribution is -0.137. The highest BCUT2D eigenvalue weighted by Gasteiger charge is 2.50. The van der Waals surface area contributed by atoms with Gasteiger partial charge in [0.1, 0.15) is 5.69 Å². The lowest BCUT2D eigenvalue weighted by Crippen LogP contribution is -2.50. The Kier molecular flexibility index (Phi) is 5.39. The predicted molar refractivity (Wildman–Crippen MR) is 105 cm³/mol. The number of methoxy groups -OCH3 is 1. The molecule has 7 nitrogen and oxygen atoms in total. The van der Waals surface area contributed by atoms with Crippen LogP contribution in [-0.2, 0) is 10.9 Å². The molecule has 10 heteroatoms. The summed E-state index contributed by atoms with van der Waals surface area (Å²) >= 11 is 0. The maximum absolute atomic E-state index is 13.4. The number of nitriles is 1. The van der Waals surface area contributed by atoms with Crippen molar-refractivity contribution >= 4 is 11.6 Å². The van der Waals surface area contributed by atoms with E-state index in [0.717, 1.165) is 6.07 Å². The molecule has 1 aromatic heterocycles. The van der Waals surface area contributed by atoms with Crippen LogP contribution in [-0.4, -0.2) is 60.9 Å². The molecule has 31 heavy (non-hydrogen) atoms. The summed E-state index contributed by atoms with van der Waals surface area (Å²) in [7, 11) is 1.61. The predicted octanol–water partition coefficient (Wildman–Crippen LogP) is 2.92. The molecule has 2 aliphatic rings. The number of piperidine rings is 1. The number of rotatable bonds is 4. The number of aromatic nitrogens is 2. The highest BCUT2D eigenvalue weighted by Crippen LogP contribution is 2.45. The summed E-state index contributed by atoms with van der Waals surface area (Å²) in [5, 5.41) is 15.6. The van der Waals surface area contributed by atoms with Crippen molar-refractivity contribution < 1.29 is 22.7 Å². The molecule has 0 saturated carbocycles. The summed E-state index contributed by atoms with van der Waals surface area (Å²) in [4.78, 5) is 16.4. The number of carbonyl (C=O) groups excluding carboxylic acids is 1. The third-order valence-corrected chi connectivity index (χ3v) is 6.38. The maximum Gasteiger partial charge on any atom is 0.417 e. The van der Waals surface area contributed by atoms with Gasteiger partial charge in [-0.15, -0.1) is 0 Å². The molecule has 1 aromatic carbocycles. The molecule has 1 N–H and O–H groups in total. The summed E-state index contributed by atoms with van der Waals surface area (Å²) in [6, 6.07) is 7.06. The summed E-state index contributed by atoms with van der Waals surface area (Å²) in [6.45, 7) is 2.51. The summed E-state index contributed by atoms with van der Waals surface area (Å²) in [5.41, 5.74) is -0.750. The molecule has 2 saturated heterocycles. The number of alkyl halides is 3. The topological polar surface area (TPSA) is 85.2 Å².